The van der Waals surface area contributed by atoms with Crippen molar-refractivity contribution in [3.63, 3.8) is 0 Å². The fraction of sp³-hybridized carbons (Fsp3) is 0.522. The van der Waals surface area contributed by atoms with E-state index in [2.05, 4.69) is 31.6 Å². The number of carbonyl (C=O) groups excluding carboxylic acids is 2. The van der Waals surface area contributed by atoms with E-state index in [1.54, 1.807) is 0 Å². The maximum absolute atomic E-state index is 14.9. The van der Waals surface area contributed by atoms with Gasteiger partial charge in [0.25, 0.3) is 0 Å². The number of piperidine rings is 2. The number of carbonyl (C=O) groups is 2. The first-order valence-corrected chi connectivity index (χ1v) is 11.4. The van der Waals surface area contributed by atoms with Gasteiger partial charge in [-0.2, -0.15) is 5.10 Å². The van der Waals surface area contributed by atoms with Crippen LogP contribution >= 0.6 is 0 Å². The number of amides is 2. The maximum atomic E-state index is 14.9. The topological polar surface area (TPSA) is 91.3 Å². The van der Waals surface area contributed by atoms with Gasteiger partial charge in [0.05, 0.1) is 17.9 Å². The highest BCUT2D eigenvalue weighted by Gasteiger charge is 2.27. The number of anilines is 1. The number of halogens is 1. The summed E-state index contributed by atoms with van der Waals surface area (Å²) in [4.78, 5) is 25.6. The quantitative estimate of drug-likeness (QED) is 0.614. The Labute approximate surface area is 186 Å². The SMILES string of the molecule is O=C1CCC(Nc2ccc(C3CCN(Cc4cc5n(n4)CCNC5)CC3)c(F)c2)C(=O)N1. The summed E-state index contributed by atoms with van der Waals surface area (Å²) >= 11 is 0. The van der Waals surface area contributed by atoms with Crippen LogP contribution in [-0.2, 0) is 29.2 Å². The average Bonchev–Trinajstić information content (AvgIpc) is 3.19. The van der Waals surface area contributed by atoms with Crippen LogP contribution in [0, 0.1) is 5.82 Å². The van der Waals surface area contributed by atoms with E-state index in [9.17, 15) is 14.0 Å². The molecule has 170 valence electrons. The molecule has 3 aliphatic heterocycles. The van der Waals surface area contributed by atoms with Gasteiger partial charge in [0.1, 0.15) is 11.9 Å². The van der Waals surface area contributed by atoms with Crippen LogP contribution in [0.5, 0.6) is 0 Å². The lowest BCUT2D eigenvalue weighted by atomic mass is 9.89. The van der Waals surface area contributed by atoms with Gasteiger partial charge in [-0.1, -0.05) is 6.07 Å². The first-order chi connectivity index (χ1) is 15.5. The monoisotopic (exact) mass is 440 g/mol. The van der Waals surface area contributed by atoms with Crippen LogP contribution in [0.2, 0.25) is 0 Å². The van der Waals surface area contributed by atoms with Gasteiger partial charge in [-0.3, -0.25) is 24.5 Å². The molecule has 1 unspecified atom stereocenters. The number of rotatable bonds is 5. The number of likely N-dealkylation sites (tertiary alicyclic amines) is 1. The van der Waals surface area contributed by atoms with E-state index in [-0.39, 0.29) is 23.5 Å². The first-order valence-electron chi connectivity index (χ1n) is 11.4. The summed E-state index contributed by atoms with van der Waals surface area (Å²) in [6.45, 7) is 5.44. The highest BCUT2D eigenvalue weighted by Crippen LogP contribution is 2.32. The molecule has 1 aromatic carbocycles. The lowest BCUT2D eigenvalue weighted by Gasteiger charge is -2.32. The molecule has 0 aliphatic carbocycles. The van der Waals surface area contributed by atoms with Crippen molar-refractivity contribution in [3.05, 3.63) is 47.0 Å². The predicted octanol–water partition coefficient (Wildman–Crippen LogP) is 1.72. The molecule has 0 spiro atoms. The normalized spacial score (nSPS) is 22.5. The number of nitrogens with one attached hydrogen (secondary N) is 3. The van der Waals surface area contributed by atoms with E-state index in [1.165, 1.54) is 11.8 Å². The average molecular weight is 441 g/mol. The minimum atomic E-state index is -0.509. The molecule has 4 heterocycles. The van der Waals surface area contributed by atoms with Gasteiger partial charge in [-0.15, -0.1) is 0 Å². The fourth-order valence-electron chi connectivity index (χ4n) is 4.94. The van der Waals surface area contributed by atoms with Crippen LogP contribution in [-0.4, -0.2) is 52.2 Å². The van der Waals surface area contributed by atoms with Crippen molar-refractivity contribution >= 4 is 17.5 Å². The summed E-state index contributed by atoms with van der Waals surface area (Å²) in [6, 6.07) is 6.81. The molecular weight excluding hydrogens is 411 g/mol. The highest BCUT2D eigenvalue weighted by atomic mass is 19.1. The first kappa shape index (κ1) is 21.1. The molecule has 3 N–H and O–H groups in total. The molecule has 1 aromatic heterocycles. The Morgan fingerprint density at radius 3 is 2.72 bits per heavy atom. The molecule has 0 bridgehead atoms. The van der Waals surface area contributed by atoms with Crippen molar-refractivity contribution in [1.29, 1.82) is 0 Å². The number of hydrogen-bond acceptors (Lipinski definition) is 6. The van der Waals surface area contributed by atoms with E-state index in [0.717, 1.165) is 63.4 Å². The van der Waals surface area contributed by atoms with Gasteiger partial charge in [-0.25, -0.2) is 4.39 Å². The van der Waals surface area contributed by atoms with Gasteiger partial charge < -0.3 is 10.6 Å². The largest absolute Gasteiger partial charge is 0.374 e. The van der Waals surface area contributed by atoms with Crippen molar-refractivity contribution in [1.82, 2.24) is 25.3 Å². The summed E-state index contributed by atoms with van der Waals surface area (Å²) in [6.07, 6.45) is 2.53. The second-order valence-corrected chi connectivity index (χ2v) is 8.96. The molecule has 0 radical (unpaired) electrons. The Morgan fingerprint density at radius 2 is 1.97 bits per heavy atom. The van der Waals surface area contributed by atoms with Crippen molar-refractivity contribution in [2.45, 2.75) is 57.3 Å². The standard InChI is InChI=1S/C23H29FN6O2/c24-20-12-16(26-21-3-4-22(31)27-23(21)32)1-2-19(20)15-5-8-29(9-6-15)14-17-11-18-13-25-7-10-30(18)28-17/h1-2,11-12,15,21,25-26H,3-10,13-14H2,(H,27,31,32). The third-order valence-corrected chi connectivity index (χ3v) is 6.71. The summed E-state index contributed by atoms with van der Waals surface area (Å²) in [5, 5.41) is 13.5. The molecule has 9 heteroatoms. The Bertz CT molecular complexity index is 990. The van der Waals surface area contributed by atoms with Crippen LogP contribution in [0.15, 0.2) is 24.3 Å². The third kappa shape index (κ3) is 4.54. The summed E-state index contributed by atoms with van der Waals surface area (Å²) in [5.74, 6) is -0.663. The third-order valence-electron chi connectivity index (χ3n) is 6.71. The zero-order chi connectivity index (χ0) is 22.1. The van der Waals surface area contributed by atoms with Crippen molar-refractivity contribution < 1.29 is 14.0 Å². The summed E-state index contributed by atoms with van der Waals surface area (Å²) in [5.41, 5.74) is 3.66. The second-order valence-electron chi connectivity index (χ2n) is 8.96. The molecule has 2 saturated heterocycles. The van der Waals surface area contributed by atoms with E-state index in [1.807, 2.05) is 12.1 Å². The lowest BCUT2D eigenvalue weighted by molar-refractivity contribution is -0.133. The van der Waals surface area contributed by atoms with Crippen LogP contribution in [0.25, 0.3) is 0 Å². The number of hydrogen-bond donors (Lipinski definition) is 3. The molecule has 2 fully saturated rings. The molecule has 2 amide bonds. The van der Waals surface area contributed by atoms with E-state index in [4.69, 9.17) is 5.10 Å². The number of nitrogens with zero attached hydrogens (tertiary/aromatic N) is 3. The molecule has 8 nitrogen and oxygen atoms in total. The zero-order valence-electron chi connectivity index (χ0n) is 18.1. The smallest absolute Gasteiger partial charge is 0.249 e. The Kier molecular flexibility index (Phi) is 5.93. The number of benzene rings is 1. The number of aromatic nitrogens is 2. The van der Waals surface area contributed by atoms with Crippen LogP contribution < -0.4 is 16.0 Å². The fourth-order valence-corrected chi connectivity index (χ4v) is 4.94. The molecule has 32 heavy (non-hydrogen) atoms. The number of fused-ring (bicyclic) bond motifs is 1. The lowest BCUT2D eigenvalue weighted by Crippen LogP contribution is -2.47. The minimum absolute atomic E-state index is 0.190. The molecule has 1 atom stereocenters. The molecular formula is C23H29FN6O2. The van der Waals surface area contributed by atoms with Crippen molar-refractivity contribution in [2.75, 3.05) is 25.0 Å². The van der Waals surface area contributed by atoms with E-state index >= 15 is 0 Å². The van der Waals surface area contributed by atoms with Crippen molar-refractivity contribution in [3.8, 4) is 0 Å². The highest BCUT2D eigenvalue weighted by molar-refractivity contribution is 6.01. The van der Waals surface area contributed by atoms with Gasteiger partial charge in [0, 0.05) is 31.7 Å². The molecule has 5 rings (SSSR count). The summed E-state index contributed by atoms with van der Waals surface area (Å²) < 4.78 is 17.0. The Morgan fingerprint density at radius 1 is 1.12 bits per heavy atom. The van der Waals surface area contributed by atoms with Gasteiger partial charge in [0.15, 0.2) is 0 Å². The van der Waals surface area contributed by atoms with Crippen LogP contribution in [0.4, 0.5) is 10.1 Å². The van der Waals surface area contributed by atoms with E-state index < -0.39 is 6.04 Å². The van der Waals surface area contributed by atoms with Crippen LogP contribution in [0.3, 0.4) is 0 Å². The van der Waals surface area contributed by atoms with E-state index in [0.29, 0.717) is 18.5 Å². The second kappa shape index (κ2) is 8.99. The molecule has 3 aliphatic rings. The van der Waals surface area contributed by atoms with Gasteiger partial charge >= 0.3 is 0 Å². The predicted molar refractivity (Wildman–Crippen MR) is 117 cm³/mol. The van der Waals surface area contributed by atoms with Crippen molar-refractivity contribution in [2.24, 2.45) is 0 Å². The Hall–Kier alpha value is -2.78. The number of imide groups is 1. The molecule has 0 saturated carbocycles. The zero-order valence-corrected chi connectivity index (χ0v) is 18.1. The van der Waals surface area contributed by atoms with Crippen LogP contribution in [0.1, 0.15) is 48.6 Å². The molecule has 2 aromatic rings. The summed E-state index contributed by atoms with van der Waals surface area (Å²) in [7, 11) is 0. The van der Waals surface area contributed by atoms with Gasteiger partial charge in [-0.05, 0) is 62.0 Å². The Balaban J connectivity index is 1.16. The maximum Gasteiger partial charge on any atom is 0.249 e. The van der Waals surface area contributed by atoms with Gasteiger partial charge in [0.2, 0.25) is 11.8 Å². The minimum Gasteiger partial charge on any atom is -0.374 e.